The third kappa shape index (κ3) is 13.9. The summed E-state index contributed by atoms with van der Waals surface area (Å²) in [5, 5.41) is 49.8. The Morgan fingerprint density at radius 3 is 2.60 bits per heavy atom. The summed E-state index contributed by atoms with van der Waals surface area (Å²) in [4.78, 5) is 28.0. The smallest absolute Gasteiger partial charge is 0.416 e. The van der Waals surface area contributed by atoms with E-state index in [9.17, 15) is 38.1 Å². The Bertz CT molecular complexity index is 1070. The number of esters is 1. The molecule has 1 saturated carbocycles. The van der Waals surface area contributed by atoms with Crippen molar-refractivity contribution in [2.75, 3.05) is 19.8 Å². The first-order valence-electron chi connectivity index (χ1n) is 13.7. The molecule has 0 radical (unpaired) electrons. The van der Waals surface area contributed by atoms with Crippen molar-refractivity contribution in [2.45, 2.75) is 69.6 Å². The van der Waals surface area contributed by atoms with Gasteiger partial charge in [0.2, 0.25) is 5.91 Å². The Hall–Kier alpha value is -3.05. The molecule has 1 aromatic carbocycles. The summed E-state index contributed by atoms with van der Waals surface area (Å²) >= 11 is 0. The van der Waals surface area contributed by atoms with Gasteiger partial charge in [-0.25, -0.2) is 4.84 Å². The van der Waals surface area contributed by atoms with E-state index in [1.54, 1.807) is 6.08 Å². The summed E-state index contributed by atoms with van der Waals surface area (Å²) in [7, 11) is 0. The van der Waals surface area contributed by atoms with E-state index in [0.717, 1.165) is 12.1 Å². The average molecular weight is 621 g/mol. The van der Waals surface area contributed by atoms with Crippen molar-refractivity contribution in [3.05, 3.63) is 54.1 Å². The SMILES string of the molecule is CC(CON(O)O)OC(=O)CNC(=O)CCC/C=C\C[C@@H]1[C@@H](/C=C/[C@@H](O)COc2cccc(C(F)(F)F)c2)[C@H](O)C[C@@H]1O. The van der Waals surface area contributed by atoms with Crippen molar-refractivity contribution < 1.29 is 62.8 Å². The summed E-state index contributed by atoms with van der Waals surface area (Å²) in [6, 6.07) is 4.31. The second kappa shape index (κ2) is 17.9. The van der Waals surface area contributed by atoms with Crippen molar-refractivity contribution in [1.29, 1.82) is 0 Å². The lowest BCUT2D eigenvalue weighted by atomic mass is 9.89. The number of allylic oxidation sites excluding steroid dienone is 2. The molecule has 0 aromatic heterocycles. The van der Waals surface area contributed by atoms with E-state index >= 15 is 0 Å². The van der Waals surface area contributed by atoms with E-state index in [1.165, 1.54) is 25.1 Å². The quantitative estimate of drug-likeness (QED) is 0.0653. The Labute approximate surface area is 246 Å². The average Bonchev–Trinajstić information content (AvgIpc) is 3.21. The lowest BCUT2D eigenvalue weighted by Crippen LogP contribution is -2.33. The van der Waals surface area contributed by atoms with Crippen LogP contribution < -0.4 is 10.1 Å². The first-order valence-corrected chi connectivity index (χ1v) is 13.7. The first-order chi connectivity index (χ1) is 20.3. The number of benzene rings is 1. The number of carbonyl (C=O) groups excluding carboxylic acids is 2. The molecule has 242 valence electrons. The van der Waals surface area contributed by atoms with Gasteiger partial charge in [-0.15, -0.1) is 0 Å². The summed E-state index contributed by atoms with van der Waals surface area (Å²) < 4.78 is 48.8. The fraction of sp³-hybridized carbons (Fsp3) is 0.571. The number of halogens is 3. The number of carbonyl (C=O) groups is 2. The molecule has 43 heavy (non-hydrogen) atoms. The summed E-state index contributed by atoms with van der Waals surface area (Å²) in [5.41, 5.74) is -0.867. The molecular formula is C28H39F3N2O10. The number of aliphatic hydroxyl groups is 3. The van der Waals surface area contributed by atoms with Crippen molar-refractivity contribution in [3.8, 4) is 5.75 Å². The van der Waals surface area contributed by atoms with Crippen molar-refractivity contribution in [1.82, 2.24) is 10.7 Å². The summed E-state index contributed by atoms with van der Waals surface area (Å²) in [6.07, 6.45) is 0.329. The Morgan fingerprint density at radius 1 is 1.16 bits per heavy atom. The minimum atomic E-state index is -4.52. The van der Waals surface area contributed by atoms with Crippen LogP contribution in [0.1, 0.15) is 44.6 Å². The first kappa shape index (κ1) is 36.1. The predicted molar refractivity (Wildman–Crippen MR) is 143 cm³/mol. The molecule has 1 aliphatic carbocycles. The van der Waals surface area contributed by atoms with E-state index < -0.39 is 53.4 Å². The Morgan fingerprint density at radius 2 is 1.91 bits per heavy atom. The molecule has 0 aliphatic heterocycles. The standard InChI is InChI=1S/C28H39F3N2O10/c1-18(16-42-33(39)40)43-27(38)15-32-26(37)10-5-3-2-4-9-22-23(25(36)14-24(22)35)12-11-20(34)17-41-21-8-6-7-19(13-21)28(29,30)31/h2,4,6-8,11-13,18,20,22-25,34-36,39-40H,3,5,9-10,14-17H2,1H3,(H,32,37)/b4-2-,12-11+/t18?,20-,22-,23-,24+,25-/m1/s1. The third-order valence-corrected chi connectivity index (χ3v) is 6.59. The van der Waals surface area contributed by atoms with Crippen molar-refractivity contribution >= 4 is 11.9 Å². The lowest BCUT2D eigenvalue weighted by molar-refractivity contribution is -0.494. The van der Waals surface area contributed by atoms with Crippen molar-refractivity contribution in [3.63, 3.8) is 0 Å². The number of ether oxygens (including phenoxy) is 2. The van der Waals surface area contributed by atoms with Crippen LogP contribution in [0, 0.1) is 11.8 Å². The maximum absolute atomic E-state index is 12.9. The van der Waals surface area contributed by atoms with Crippen LogP contribution in [-0.2, 0) is 25.3 Å². The maximum Gasteiger partial charge on any atom is 0.416 e. The van der Waals surface area contributed by atoms with Crippen LogP contribution in [-0.4, -0.2) is 87.2 Å². The summed E-state index contributed by atoms with van der Waals surface area (Å²) in [6.45, 7) is 0.510. The highest BCUT2D eigenvalue weighted by molar-refractivity contribution is 5.81. The molecule has 15 heteroatoms. The van der Waals surface area contributed by atoms with E-state index in [1.807, 2.05) is 12.2 Å². The number of aliphatic hydroxyl groups excluding tert-OH is 3. The Balaban J connectivity index is 1.71. The number of unbranched alkanes of at least 4 members (excludes halogenated alkanes) is 1. The predicted octanol–water partition coefficient (Wildman–Crippen LogP) is 2.54. The minimum absolute atomic E-state index is 0.0436. The molecule has 1 amide bonds. The second-order valence-electron chi connectivity index (χ2n) is 10.1. The zero-order valence-electron chi connectivity index (χ0n) is 23.6. The van der Waals surface area contributed by atoms with Gasteiger partial charge < -0.3 is 30.1 Å². The molecule has 1 aromatic rings. The van der Waals surface area contributed by atoms with Gasteiger partial charge in [0.05, 0.1) is 23.2 Å². The normalized spacial score (nSPS) is 22.3. The maximum atomic E-state index is 12.9. The van der Waals surface area contributed by atoms with E-state index in [2.05, 4.69) is 10.2 Å². The Kier molecular flexibility index (Phi) is 15.1. The van der Waals surface area contributed by atoms with Gasteiger partial charge >= 0.3 is 12.1 Å². The van der Waals surface area contributed by atoms with Gasteiger partial charge in [0.25, 0.3) is 0 Å². The molecule has 0 heterocycles. The number of alkyl halides is 3. The van der Waals surface area contributed by atoms with Crippen LogP contribution in [0.25, 0.3) is 0 Å². The van der Waals surface area contributed by atoms with Crippen LogP contribution in [0.5, 0.6) is 5.75 Å². The molecule has 6 atom stereocenters. The largest absolute Gasteiger partial charge is 0.491 e. The fourth-order valence-electron chi connectivity index (χ4n) is 4.44. The highest BCUT2D eigenvalue weighted by atomic mass is 19.4. The highest BCUT2D eigenvalue weighted by Crippen LogP contribution is 2.36. The number of hydrogen-bond acceptors (Lipinski definition) is 11. The van der Waals surface area contributed by atoms with Crippen molar-refractivity contribution in [2.24, 2.45) is 11.8 Å². The van der Waals surface area contributed by atoms with Gasteiger partial charge in [-0.1, -0.05) is 30.4 Å². The zero-order valence-corrected chi connectivity index (χ0v) is 23.6. The van der Waals surface area contributed by atoms with Gasteiger partial charge in [-0.3, -0.25) is 20.0 Å². The van der Waals surface area contributed by atoms with Gasteiger partial charge in [-0.05, 0) is 50.3 Å². The zero-order chi connectivity index (χ0) is 32.0. The number of rotatable bonds is 17. The molecule has 0 bridgehead atoms. The third-order valence-electron chi connectivity index (χ3n) is 6.59. The van der Waals surface area contributed by atoms with E-state index in [0.29, 0.717) is 19.3 Å². The lowest BCUT2D eigenvalue weighted by Gasteiger charge is -2.19. The van der Waals surface area contributed by atoms with Crippen LogP contribution in [0.15, 0.2) is 48.6 Å². The monoisotopic (exact) mass is 620 g/mol. The molecule has 0 spiro atoms. The van der Waals surface area contributed by atoms with Crippen LogP contribution >= 0.6 is 0 Å². The number of hydrogen-bond donors (Lipinski definition) is 6. The number of amides is 1. The van der Waals surface area contributed by atoms with Gasteiger partial charge in [-0.2, -0.15) is 13.2 Å². The topological polar surface area (TPSA) is 178 Å². The van der Waals surface area contributed by atoms with Crippen LogP contribution in [0.4, 0.5) is 13.2 Å². The van der Waals surface area contributed by atoms with E-state index in [4.69, 9.17) is 19.9 Å². The number of nitrogens with one attached hydrogen (secondary N) is 1. The minimum Gasteiger partial charge on any atom is -0.491 e. The fourth-order valence-corrected chi connectivity index (χ4v) is 4.44. The van der Waals surface area contributed by atoms with Crippen LogP contribution in [0.3, 0.4) is 0 Å². The van der Waals surface area contributed by atoms with Gasteiger partial charge in [0.1, 0.15) is 37.7 Å². The summed E-state index contributed by atoms with van der Waals surface area (Å²) in [5.74, 6) is -1.92. The molecule has 0 saturated heterocycles. The van der Waals surface area contributed by atoms with Gasteiger partial charge in [0, 0.05) is 18.8 Å². The molecule has 1 unspecified atom stereocenters. The second-order valence-corrected chi connectivity index (χ2v) is 10.1. The van der Waals surface area contributed by atoms with Crippen LogP contribution in [0.2, 0.25) is 0 Å². The number of nitrogens with zero attached hydrogens (tertiary/aromatic N) is 1. The van der Waals surface area contributed by atoms with E-state index in [-0.39, 0.29) is 50.2 Å². The molecule has 2 rings (SSSR count). The molecule has 12 nitrogen and oxygen atoms in total. The molecule has 6 N–H and O–H groups in total. The molecule has 1 fully saturated rings. The van der Waals surface area contributed by atoms with Gasteiger partial charge in [0.15, 0.2) is 0 Å². The highest BCUT2D eigenvalue weighted by Gasteiger charge is 2.39. The molecular weight excluding hydrogens is 581 g/mol. The molecule has 1 aliphatic rings.